The van der Waals surface area contributed by atoms with E-state index in [0.717, 1.165) is 11.0 Å². The minimum Gasteiger partial charge on any atom is -0.431 e. The largest absolute Gasteiger partial charge is 0.431 e. The second-order valence-electron chi connectivity index (χ2n) is 6.38. The number of hydrogen-bond acceptors (Lipinski definition) is 7. The normalized spacial score (nSPS) is 11.5. The number of halogens is 2. The SMILES string of the molecule is CS(=O)(=O)Nc1cc2cc(C(=O)Nc3cc(Cl)cc(Oc4nccs4)c3)sc2cc1Cl. The molecule has 0 radical (unpaired) electrons. The number of benzene rings is 2. The molecule has 0 spiro atoms. The number of ether oxygens (including phenoxy) is 1. The summed E-state index contributed by atoms with van der Waals surface area (Å²) in [5.41, 5.74) is 0.708. The van der Waals surface area contributed by atoms with Gasteiger partial charge in [-0.15, -0.1) is 11.3 Å². The molecule has 4 aromatic rings. The highest BCUT2D eigenvalue weighted by atomic mass is 35.5. The van der Waals surface area contributed by atoms with Crippen LogP contribution in [-0.4, -0.2) is 25.6 Å². The van der Waals surface area contributed by atoms with Gasteiger partial charge in [0.15, 0.2) is 0 Å². The summed E-state index contributed by atoms with van der Waals surface area (Å²) in [6.07, 6.45) is 2.66. The summed E-state index contributed by atoms with van der Waals surface area (Å²) in [6.45, 7) is 0. The molecule has 0 bridgehead atoms. The van der Waals surface area contributed by atoms with Crippen LogP contribution in [0.2, 0.25) is 10.0 Å². The molecular weight excluding hydrogens is 501 g/mol. The lowest BCUT2D eigenvalue weighted by molar-refractivity contribution is 0.103. The molecule has 0 fully saturated rings. The molecule has 2 heterocycles. The van der Waals surface area contributed by atoms with Gasteiger partial charge in [-0.3, -0.25) is 9.52 Å². The minimum atomic E-state index is -3.48. The van der Waals surface area contributed by atoms with Gasteiger partial charge < -0.3 is 10.1 Å². The predicted octanol–water partition coefficient (Wildman–Crippen LogP) is 6.08. The van der Waals surface area contributed by atoms with Crippen LogP contribution >= 0.6 is 45.9 Å². The van der Waals surface area contributed by atoms with Crippen LogP contribution in [0, 0.1) is 0 Å². The molecule has 0 aliphatic heterocycles. The smallest absolute Gasteiger partial charge is 0.278 e. The summed E-state index contributed by atoms with van der Waals surface area (Å²) in [5.74, 6) is 0.0924. The number of nitrogens with one attached hydrogen (secondary N) is 2. The van der Waals surface area contributed by atoms with Gasteiger partial charge in [0.25, 0.3) is 11.1 Å². The number of aromatic nitrogens is 1. The van der Waals surface area contributed by atoms with E-state index in [0.29, 0.717) is 31.9 Å². The molecule has 2 aromatic heterocycles. The number of rotatable bonds is 6. The highest BCUT2D eigenvalue weighted by Gasteiger charge is 2.15. The van der Waals surface area contributed by atoms with Crippen molar-refractivity contribution in [1.82, 2.24) is 4.98 Å². The van der Waals surface area contributed by atoms with Crippen LogP contribution in [-0.2, 0) is 10.0 Å². The number of anilines is 2. The predicted molar refractivity (Wildman–Crippen MR) is 127 cm³/mol. The number of hydrogen-bond donors (Lipinski definition) is 2. The van der Waals surface area contributed by atoms with Gasteiger partial charge in [-0.1, -0.05) is 34.5 Å². The number of nitrogens with zero attached hydrogens (tertiary/aromatic N) is 1. The standard InChI is InChI=1S/C19H13Cl2N3O4S3/c1-31(26,27)24-15-4-10-5-17(30-16(10)9-14(15)21)18(25)23-12-6-11(20)7-13(8-12)28-19-22-2-3-29-19/h2-9,24H,1H3,(H,23,25). The van der Waals surface area contributed by atoms with E-state index >= 15 is 0 Å². The Bertz CT molecular complexity index is 1390. The zero-order valence-electron chi connectivity index (χ0n) is 15.7. The maximum atomic E-state index is 12.8. The summed E-state index contributed by atoms with van der Waals surface area (Å²) >= 11 is 14.9. The number of sulfonamides is 1. The molecule has 1 amide bonds. The first-order chi connectivity index (χ1) is 14.7. The van der Waals surface area contributed by atoms with Gasteiger partial charge in [-0.25, -0.2) is 13.4 Å². The second kappa shape index (κ2) is 8.64. The Balaban J connectivity index is 1.58. The molecule has 0 unspecified atom stereocenters. The van der Waals surface area contributed by atoms with Gasteiger partial charge >= 0.3 is 0 Å². The summed E-state index contributed by atoms with van der Waals surface area (Å²) in [5, 5.41) is 6.35. The van der Waals surface area contributed by atoms with Crippen molar-refractivity contribution in [1.29, 1.82) is 0 Å². The number of fused-ring (bicyclic) bond motifs is 1. The zero-order valence-corrected chi connectivity index (χ0v) is 19.6. The van der Waals surface area contributed by atoms with Gasteiger partial charge in [-0.2, -0.15) is 0 Å². The zero-order chi connectivity index (χ0) is 22.2. The molecule has 0 atom stereocenters. The molecule has 0 saturated carbocycles. The monoisotopic (exact) mass is 513 g/mol. The van der Waals surface area contributed by atoms with Gasteiger partial charge in [0.1, 0.15) is 5.75 Å². The Kier molecular flexibility index (Phi) is 6.09. The molecule has 2 N–H and O–H groups in total. The lowest BCUT2D eigenvalue weighted by atomic mass is 10.2. The van der Waals surface area contributed by atoms with E-state index in [4.69, 9.17) is 27.9 Å². The first-order valence-corrected chi connectivity index (χ1v) is 12.9. The molecule has 31 heavy (non-hydrogen) atoms. The van der Waals surface area contributed by atoms with E-state index in [1.807, 2.05) is 0 Å². The highest BCUT2D eigenvalue weighted by Crippen LogP contribution is 2.35. The molecule has 0 saturated heterocycles. The number of thiophene rings is 1. The van der Waals surface area contributed by atoms with Crippen molar-refractivity contribution in [2.24, 2.45) is 0 Å². The van der Waals surface area contributed by atoms with E-state index in [2.05, 4.69) is 15.0 Å². The third-order valence-corrected chi connectivity index (χ3v) is 6.74. The van der Waals surface area contributed by atoms with Crippen molar-refractivity contribution < 1.29 is 17.9 Å². The van der Waals surface area contributed by atoms with Crippen molar-refractivity contribution in [2.45, 2.75) is 0 Å². The van der Waals surface area contributed by atoms with Crippen molar-refractivity contribution in [3.63, 3.8) is 0 Å². The van der Waals surface area contributed by atoms with Crippen LogP contribution in [0.4, 0.5) is 11.4 Å². The Hall–Kier alpha value is -2.37. The van der Waals surface area contributed by atoms with Gasteiger partial charge in [0.05, 0.1) is 21.8 Å². The molecule has 2 aromatic carbocycles. The Morgan fingerprint density at radius 2 is 1.94 bits per heavy atom. The summed E-state index contributed by atoms with van der Waals surface area (Å²) in [4.78, 5) is 17.3. The van der Waals surface area contributed by atoms with Gasteiger partial charge in [0, 0.05) is 33.1 Å². The minimum absolute atomic E-state index is 0.241. The lowest BCUT2D eigenvalue weighted by Crippen LogP contribution is -2.10. The average Bonchev–Trinajstić information content (AvgIpc) is 3.30. The van der Waals surface area contributed by atoms with E-state index in [-0.39, 0.29) is 16.6 Å². The molecule has 7 nitrogen and oxygen atoms in total. The average molecular weight is 514 g/mol. The number of amides is 1. The van der Waals surface area contributed by atoms with Crippen molar-refractivity contribution in [2.75, 3.05) is 16.3 Å². The Morgan fingerprint density at radius 3 is 2.65 bits per heavy atom. The fraction of sp³-hybridized carbons (Fsp3) is 0.0526. The van der Waals surface area contributed by atoms with Crippen LogP contribution in [0.15, 0.2) is 48.0 Å². The van der Waals surface area contributed by atoms with Gasteiger partial charge in [0.2, 0.25) is 10.0 Å². The Morgan fingerprint density at radius 1 is 1.13 bits per heavy atom. The summed E-state index contributed by atoms with van der Waals surface area (Å²) in [7, 11) is -3.48. The number of thiazole rings is 1. The van der Waals surface area contributed by atoms with Crippen molar-refractivity contribution >= 4 is 83.3 Å². The topological polar surface area (TPSA) is 97.4 Å². The quantitative estimate of drug-likeness (QED) is 0.325. The molecule has 4 rings (SSSR count). The first-order valence-electron chi connectivity index (χ1n) is 8.56. The molecular formula is C19H13Cl2N3O4S3. The van der Waals surface area contributed by atoms with Crippen molar-refractivity contribution in [3.8, 4) is 10.9 Å². The third kappa shape index (κ3) is 5.46. The van der Waals surface area contributed by atoms with Crippen LogP contribution in [0.1, 0.15) is 9.67 Å². The van der Waals surface area contributed by atoms with Crippen LogP contribution in [0.3, 0.4) is 0 Å². The summed E-state index contributed by atoms with van der Waals surface area (Å²) in [6, 6.07) is 9.74. The molecule has 12 heteroatoms. The Labute approximate surface area is 195 Å². The first kappa shape index (κ1) is 21.8. The van der Waals surface area contributed by atoms with Crippen LogP contribution < -0.4 is 14.8 Å². The second-order valence-corrected chi connectivity index (χ2v) is 10.9. The van der Waals surface area contributed by atoms with Crippen LogP contribution in [0.25, 0.3) is 10.1 Å². The van der Waals surface area contributed by atoms with E-state index in [1.54, 1.807) is 48.0 Å². The third-order valence-electron chi connectivity index (χ3n) is 3.87. The molecule has 0 aliphatic rings. The number of carbonyl (C=O) groups excluding carboxylic acids is 1. The van der Waals surface area contributed by atoms with E-state index < -0.39 is 10.0 Å². The maximum absolute atomic E-state index is 12.8. The van der Waals surface area contributed by atoms with Crippen LogP contribution in [0.5, 0.6) is 10.9 Å². The van der Waals surface area contributed by atoms with Crippen molar-refractivity contribution in [3.05, 3.63) is 62.9 Å². The summed E-state index contributed by atoms with van der Waals surface area (Å²) < 4.78 is 31.8. The maximum Gasteiger partial charge on any atom is 0.278 e. The molecule has 160 valence electrons. The fourth-order valence-electron chi connectivity index (χ4n) is 2.70. The highest BCUT2D eigenvalue weighted by molar-refractivity contribution is 7.92. The van der Waals surface area contributed by atoms with Gasteiger partial charge in [-0.05, 0) is 35.7 Å². The fourth-order valence-corrected chi connectivity index (χ4v) is 5.31. The van der Waals surface area contributed by atoms with E-state index in [9.17, 15) is 13.2 Å². The molecule has 0 aliphatic carbocycles. The van der Waals surface area contributed by atoms with E-state index in [1.165, 1.54) is 22.7 Å². The number of carbonyl (C=O) groups is 1. The lowest BCUT2D eigenvalue weighted by Gasteiger charge is -2.08.